The van der Waals surface area contributed by atoms with E-state index in [4.69, 9.17) is 9.26 Å². The lowest BCUT2D eigenvalue weighted by molar-refractivity contribution is -0.140. The maximum absolute atomic E-state index is 13.6. The largest absolute Gasteiger partial charge is 0.475 e. The number of hydrogen-bond acceptors (Lipinski definition) is 9. The van der Waals surface area contributed by atoms with Crippen molar-refractivity contribution in [1.29, 1.82) is 0 Å². The average molecular weight is 491 g/mol. The van der Waals surface area contributed by atoms with Gasteiger partial charge in [-0.15, -0.1) is 0 Å². The van der Waals surface area contributed by atoms with Gasteiger partial charge in [-0.05, 0) is 49.2 Å². The van der Waals surface area contributed by atoms with Crippen LogP contribution in [0.4, 0.5) is 5.69 Å². The van der Waals surface area contributed by atoms with Gasteiger partial charge >= 0.3 is 0 Å². The van der Waals surface area contributed by atoms with Crippen molar-refractivity contribution in [2.75, 3.05) is 18.1 Å². The van der Waals surface area contributed by atoms with Crippen LogP contribution in [0.2, 0.25) is 0 Å². The van der Waals surface area contributed by atoms with Crippen LogP contribution in [-0.2, 0) is 14.4 Å². The molecule has 3 aromatic rings. The Bertz CT molecular complexity index is 1280. The molecule has 1 amide bonds. The Morgan fingerprint density at radius 3 is 2.58 bits per heavy atom. The molecule has 1 saturated heterocycles. The lowest BCUT2D eigenvalue weighted by atomic mass is 9.83. The first kappa shape index (κ1) is 23.8. The van der Waals surface area contributed by atoms with Crippen molar-refractivity contribution in [1.82, 2.24) is 15.1 Å². The number of ketones is 2. The number of benzene rings is 1. The van der Waals surface area contributed by atoms with Crippen LogP contribution in [0.1, 0.15) is 43.2 Å². The molecule has 2 unspecified atom stereocenters. The smallest absolute Gasteiger partial charge is 0.295 e. The van der Waals surface area contributed by atoms with Crippen LogP contribution >= 0.6 is 0 Å². The summed E-state index contributed by atoms with van der Waals surface area (Å²) in [4.78, 5) is 50.2. The highest BCUT2D eigenvalue weighted by Crippen LogP contribution is 2.45. The lowest BCUT2D eigenvalue weighted by Gasteiger charge is -2.29. The Kier molecular flexibility index (Phi) is 6.60. The minimum atomic E-state index is -1.17. The number of aromatic nitrogens is 3. The van der Waals surface area contributed by atoms with Crippen LogP contribution in [0.5, 0.6) is 5.88 Å². The predicted octanol–water partition coefficient (Wildman–Crippen LogP) is 2.84. The number of carbonyl (C=O) groups excluding carboxylic acids is 3. The number of hydrogen-bond donors (Lipinski definition) is 1. The number of ether oxygens (including phenoxy) is 1. The fraction of sp³-hybridized carbons (Fsp3) is 0.385. The van der Waals surface area contributed by atoms with Gasteiger partial charge in [-0.2, -0.15) is 4.98 Å². The molecule has 186 valence electrons. The average Bonchev–Trinajstić information content (AvgIpc) is 3.64. The maximum atomic E-state index is 13.6. The first-order valence-corrected chi connectivity index (χ1v) is 12.0. The Labute approximate surface area is 207 Å². The Hall–Kier alpha value is -3.92. The summed E-state index contributed by atoms with van der Waals surface area (Å²) in [7, 11) is 0. The van der Waals surface area contributed by atoms with Gasteiger partial charge in [-0.3, -0.25) is 19.3 Å². The predicted molar refractivity (Wildman–Crippen MR) is 127 cm³/mol. The third-order valence-corrected chi connectivity index (χ3v) is 6.75. The Morgan fingerprint density at radius 2 is 1.92 bits per heavy atom. The summed E-state index contributed by atoms with van der Waals surface area (Å²) >= 11 is 0. The number of nitrogens with zero attached hydrogens (tertiary/aromatic N) is 4. The van der Waals surface area contributed by atoms with Gasteiger partial charge in [0.25, 0.3) is 5.91 Å². The van der Waals surface area contributed by atoms with E-state index in [0.717, 1.165) is 12.8 Å². The minimum Gasteiger partial charge on any atom is -0.475 e. The van der Waals surface area contributed by atoms with Crippen molar-refractivity contribution >= 4 is 23.2 Å². The van der Waals surface area contributed by atoms with Crippen molar-refractivity contribution < 1.29 is 28.8 Å². The van der Waals surface area contributed by atoms with Gasteiger partial charge in [0.15, 0.2) is 0 Å². The highest BCUT2D eigenvalue weighted by molar-refractivity contribution is 6.48. The van der Waals surface area contributed by atoms with Crippen LogP contribution in [0.15, 0.2) is 47.1 Å². The molecule has 5 rings (SSSR count). The summed E-state index contributed by atoms with van der Waals surface area (Å²) in [6, 6.07) is 9.29. The molecule has 2 aliphatic rings. The number of aryl methyl sites for hydroxylation is 1. The van der Waals surface area contributed by atoms with E-state index in [1.54, 1.807) is 43.3 Å². The molecule has 2 fully saturated rings. The Morgan fingerprint density at radius 1 is 1.17 bits per heavy atom. The summed E-state index contributed by atoms with van der Waals surface area (Å²) in [5.74, 6) is -2.11. The molecular formula is C26H26N4O6. The van der Waals surface area contributed by atoms with E-state index in [-0.39, 0.29) is 30.8 Å². The SMILES string of the molecule is Cc1nc(-c2ccc(N3C(=O)C(=O)C(C(=O)C4CCCC4)C3c3cccnc3OCCO)cc2)no1. The first-order chi connectivity index (χ1) is 17.5. The molecule has 1 aromatic carbocycles. The second-order valence-electron chi connectivity index (χ2n) is 9.00. The molecule has 1 saturated carbocycles. The molecule has 0 bridgehead atoms. The van der Waals surface area contributed by atoms with Crippen LogP contribution < -0.4 is 9.64 Å². The van der Waals surface area contributed by atoms with Gasteiger partial charge in [0, 0.05) is 35.9 Å². The standard InChI is InChI=1S/C26H26N4O6/c1-15-28-24(29-36-15)17-8-10-18(11-9-17)30-21(19-7-4-12-27-25(19)35-14-13-31)20(23(33)26(30)34)22(32)16-5-2-3-6-16/h4,7-12,16,20-21,31H,2-3,5-6,13-14H2,1H3. The summed E-state index contributed by atoms with van der Waals surface area (Å²) in [6.07, 6.45) is 4.80. The summed E-state index contributed by atoms with van der Waals surface area (Å²) < 4.78 is 10.7. The first-order valence-electron chi connectivity index (χ1n) is 12.0. The maximum Gasteiger partial charge on any atom is 0.295 e. The molecule has 1 N–H and O–H groups in total. The van der Waals surface area contributed by atoms with E-state index in [1.165, 1.54) is 11.1 Å². The molecule has 0 radical (unpaired) electrons. The van der Waals surface area contributed by atoms with E-state index in [2.05, 4.69) is 15.1 Å². The molecule has 2 atom stereocenters. The summed E-state index contributed by atoms with van der Waals surface area (Å²) in [6.45, 7) is 1.44. The molecule has 1 aliphatic carbocycles. The highest BCUT2D eigenvalue weighted by atomic mass is 16.5. The lowest BCUT2D eigenvalue weighted by Crippen LogP contribution is -2.33. The van der Waals surface area contributed by atoms with E-state index in [0.29, 0.717) is 41.4 Å². The van der Waals surface area contributed by atoms with E-state index in [9.17, 15) is 19.5 Å². The fourth-order valence-corrected chi connectivity index (χ4v) is 5.09. The molecule has 1 aliphatic heterocycles. The Balaban J connectivity index is 1.58. The topological polar surface area (TPSA) is 136 Å². The zero-order chi connectivity index (χ0) is 25.2. The van der Waals surface area contributed by atoms with Gasteiger partial charge in [-0.1, -0.05) is 18.0 Å². The van der Waals surface area contributed by atoms with Gasteiger partial charge in [0.2, 0.25) is 23.4 Å². The van der Waals surface area contributed by atoms with Crippen LogP contribution in [0.3, 0.4) is 0 Å². The van der Waals surface area contributed by atoms with Gasteiger partial charge in [0.1, 0.15) is 18.3 Å². The summed E-state index contributed by atoms with van der Waals surface area (Å²) in [5.41, 5.74) is 1.57. The molecule has 36 heavy (non-hydrogen) atoms. The zero-order valence-corrected chi connectivity index (χ0v) is 19.8. The number of aliphatic hydroxyl groups is 1. The van der Waals surface area contributed by atoms with Crippen molar-refractivity contribution in [3.63, 3.8) is 0 Å². The number of carbonyl (C=O) groups is 3. The van der Waals surface area contributed by atoms with Crippen molar-refractivity contribution in [3.8, 4) is 17.3 Å². The number of Topliss-reactive ketones (excluding diaryl/α,β-unsaturated/α-hetero) is 2. The zero-order valence-electron chi connectivity index (χ0n) is 19.8. The number of anilines is 1. The van der Waals surface area contributed by atoms with Crippen molar-refractivity contribution in [2.45, 2.75) is 38.6 Å². The third-order valence-electron chi connectivity index (χ3n) is 6.75. The molecule has 0 spiro atoms. The molecule has 10 heteroatoms. The van der Waals surface area contributed by atoms with E-state index < -0.39 is 23.7 Å². The van der Waals surface area contributed by atoms with Gasteiger partial charge in [0.05, 0.1) is 12.6 Å². The number of rotatable bonds is 8. The number of amides is 1. The van der Waals surface area contributed by atoms with Crippen LogP contribution in [-0.4, -0.2) is 50.9 Å². The molecule has 10 nitrogen and oxygen atoms in total. The second-order valence-corrected chi connectivity index (χ2v) is 9.00. The van der Waals surface area contributed by atoms with Crippen molar-refractivity contribution in [2.24, 2.45) is 11.8 Å². The summed E-state index contributed by atoms with van der Waals surface area (Å²) in [5, 5.41) is 13.2. The highest BCUT2D eigenvalue weighted by Gasteiger charge is 2.54. The van der Waals surface area contributed by atoms with E-state index >= 15 is 0 Å². The number of aliphatic hydroxyl groups excluding tert-OH is 1. The monoisotopic (exact) mass is 490 g/mol. The van der Waals surface area contributed by atoms with Gasteiger partial charge in [-0.25, -0.2) is 4.98 Å². The second kappa shape index (κ2) is 9.98. The van der Waals surface area contributed by atoms with Crippen LogP contribution in [0.25, 0.3) is 11.4 Å². The van der Waals surface area contributed by atoms with Crippen LogP contribution in [0, 0.1) is 18.8 Å². The number of pyridine rings is 1. The van der Waals surface area contributed by atoms with E-state index in [1.807, 2.05) is 0 Å². The fourth-order valence-electron chi connectivity index (χ4n) is 5.09. The quantitative estimate of drug-likeness (QED) is 0.373. The molecular weight excluding hydrogens is 464 g/mol. The third kappa shape index (κ3) is 4.28. The normalized spacial score (nSPS) is 20.3. The van der Waals surface area contributed by atoms with Crippen molar-refractivity contribution in [3.05, 3.63) is 54.0 Å². The minimum absolute atomic E-state index is 0.0152. The van der Waals surface area contributed by atoms with Gasteiger partial charge < -0.3 is 14.4 Å². The molecule has 2 aromatic heterocycles. The molecule has 3 heterocycles.